The first-order valence-corrected chi connectivity index (χ1v) is 18.6. The summed E-state index contributed by atoms with van der Waals surface area (Å²) in [6.07, 6.45) is 0. The third-order valence-electron chi connectivity index (χ3n) is 10.6. The highest BCUT2D eigenvalue weighted by molar-refractivity contribution is 6.10. The van der Waals surface area contributed by atoms with Crippen molar-refractivity contribution in [3.05, 3.63) is 229 Å². The predicted octanol–water partition coefficient (Wildman–Crippen LogP) is 13.7. The standard InChI is InChI=1S/C51H37N3/c1-5-15-39(16-6-1)49(40-17-7-2-8-18-40)41-31-29-37(30-32-41)36-25-27-38(28-26-36)42-33-34-46-48(35-42)54(44-21-11-4-12-22-44)51-50(52-46)45-23-13-14-24-47(45)53(51)43-19-9-3-10-20-43/h1-35,49,52H. The average Bonchev–Trinajstić information content (AvgIpc) is 3.58. The Bertz CT molecular complexity index is 2660. The lowest BCUT2D eigenvalue weighted by molar-refractivity contribution is 0.978. The molecule has 0 saturated carbocycles. The summed E-state index contributed by atoms with van der Waals surface area (Å²) in [5.74, 6) is 1.28. The number of anilines is 5. The molecule has 2 heterocycles. The molecule has 0 bridgehead atoms. The van der Waals surface area contributed by atoms with Gasteiger partial charge in [-0.2, -0.15) is 0 Å². The van der Waals surface area contributed by atoms with E-state index in [1.807, 2.05) is 0 Å². The van der Waals surface area contributed by atoms with Crippen molar-refractivity contribution in [3.63, 3.8) is 0 Å². The maximum absolute atomic E-state index is 3.85. The van der Waals surface area contributed by atoms with Crippen molar-refractivity contribution < 1.29 is 0 Å². The Hall–Kier alpha value is -7.10. The van der Waals surface area contributed by atoms with Crippen molar-refractivity contribution in [3.8, 4) is 27.9 Å². The van der Waals surface area contributed by atoms with Gasteiger partial charge in [-0.05, 0) is 81.4 Å². The van der Waals surface area contributed by atoms with E-state index in [9.17, 15) is 0 Å². The van der Waals surface area contributed by atoms with Gasteiger partial charge in [0, 0.05) is 22.7 Å². The van der Waals surface area contributed by atoms with E-state index in [0.717, 1.165) is 45.3 Å². The molecule has 3 nitrogen and oxygen atoms in total. The number of hydrogen-bond acceptors (Lipinski definition) is 2. The number of hydrogen-bond donors (Lipinski definition) is 1. The number of nitrogens with one attached hydrogen (secondary N) is 1. The van der Waals surface area contributed by atoms with Gasteiger partial charge in [0.1, 0.15) is 5.82 Å². The second-order valence-corrected chi connectivity index (χ2v) is 13.9. The Kier molecular flexibility index (Phi) is 7.88. The number of rotatable bonds is 7. The van der Waals surface area contributed by atoms with Crippen LogP contribution in [-0.4, -0.2) is 4.57 Å². The smallest absolute Gasteiger partial charge is 0.147 e. The number of benzene rings is 8. The molecule has 1 aliphatic rings. The van der Waals surface area contributed by atoms with Crippen LogP contribution < -0.4 is 10.2 Å². The van der Waals surface area contributed by atoms with Crippen molar-refractivity contribution in [1.82, 2.24) is 4.57 Å². The fourth-order valence-corrected chi connectivity index (χ4v) is 8.08. The van der Waals surface area contributed by atoms with E-state index >= 15 is 0 Å². The normalized spacial score (nSPS) is 12.0. The highest BCUT2D eigenvalue weighted by atomic mass is 15.3. The molecule has 0 amide bonds. The molecule has 10 rings (SSSR count). The molecule has 0 fully saturated rings. The van der Waals surface area contributed by atoms with Gasteiger partial charge in [-0.15, -0.1) is 0 Å². The molecular weight excluding hydrogens is 655 g/mol. The van der Waals surface area contributed by atoms with Crippen LogP contribution in [0.4, 0.5) is 28.6 Å². The van der Waals surface area contributed by atoms with Crippen molar-refractivity contribution >= 4 is 39.5 Å². The summed E-state index contributed by atoms with van der Waals surface area (Å²) in [5, 5.41) is 5.04. The van der Waals surface area contributed by atoms with Crippen LogP contribution in [0, 0.1) is 0 Å². The van der Waals surface area contributed by atoms with Crippen molar-refractivity contribution in [2.45, 2.75) is 5.92 Å². The van der Waals surface area contributed by atoms with E-state index in [-0.39, 0.29) is 5.92 Å². The van der Waals surface area contributed by atoms with Gasteiger partial charge in [-0.25, -0.2) is 0 Å². The molecule has 0 aliphatic carbocycles. The molecule has 8 aromatic carbocycles. The Morgan fingerprint density at radius 2 is 0.852 bits per heavy atom. The summed E-state index contributed by atoms with van der Waals surface area (Å²) in [4.78, 5) is 2.41. The first-order chi connectivity index (χ1) is 26.8. The Morgan fingerprint density at radius 1 is 0.389 bits per heavy atom. The molecule has 1 aliphatic heterocycles. The third kappa shape index (κ3) is 5.55. The van der Waals surface area contributed by atoms with Crippen LogP contribution >= 0.6 is 0 Å². The molecule has 0 spiro atoms. The third-order valence-corrected chi connectivity index (χ3v) is 10.6. The van der Waals surface area contributed by atoms with Gasteiger partial charge >= 0.3 is 0 Å². The zero-order valence-electron chi connectivity index (χ0n) is 29.7. The van der Waals surface area contributed by atoms with E-state index in [1.165, 1.54) is 38.8 Å². The number of aromatic nitrogens is 1. The van der Waals surface area contributed by atoms with E-state index in [0.29, 0.717) is 0 Å². The van der Waals surface area contributed by atoms with Crippen LogP contribution in [-0.2, 0) is 0 Å². The van der Waals surface area contributed by atoms with Gasteiger partial charge in [0.2, 0.25) is 0 Å². The lowest BCUT2D eigenvalue weighted by atomic mass is 9.84. The van der Waals surface area contributed by atoms with Crippen molar-refractivity contribution in [1.29, 1.82) is 0 Å². The van der Waals surface area contributed by atoms with Crippen LogP contribution in [0.1, 0.15) is 22.6 Å². The van der Waals surface area contributed by atoms with Gasteiger partial charge in [0.25, 0.3) is 0 Å². The summed E-state index contributed by atoms with van der Waals surface area (Å²) < 4.78 is 2.38. The van der Waals surface area contributed by atoms with Crippen LogP contribution in [0.15, 0.2) is 212 Å². The molecule has 256 valence electrons. The lowest BCUT2D eigenvalue weighted by Crippen LogP contribution is -2.20. The summed E-state index contributed by atoms with van der Waals surface area (Å²) in [6, 6.07) is 76.4. The summed E-state index contributed by atoms with van der Waals surface area (Å²) in [7, 11) is 0. The molecular formula is C51H37N3. The molecule has 1 N–H and O–H groups in total. The second-order valence-electron chi connectivity index (χ2n) is 13.9. The minimum absolute atomic E-state index is 0.183. The maximum Gasteiger partial charge on any atom is 0.147 e. The van der Waals surface area contributed by atoms with Gasteiger partial charge in [0.05, 0.1) is 22.6 Å². The SMILES string of the molecule is c1ccc(C(c2ccccc2)c2ccc(-c3ccc(-c4ccc5c(c4)N(c4ccccc4)c4c(c6ccccc6n4-c4ccccc4)N5)cc3)cc2)cc1. The number of para-hydroxylation sites is 3. The Morgan fingerprint density at radius 3 is 1.46 bits per heavy atom. The predicted molar refractivity (Wildman–Crippen MR) is 226 cm³/mol. The fourth-order valence-electron chi connectivity index (χ4n) is 8.08. The maximum atomic E-state index is 3.85. The molecule has 9 aromatic rings. The minimum atomic E-state index is 0.183. The van der Waals surface area contributed by atoms with Gasteiger partial charge < -0.3 is 5.32 Å². The highest BCUT2D eigenvalue weighted by Gasteiger charge is 2.31. The number of fused-ring (bicyclic) bond motifs is 4. The Balaban J connectivity index is 1.01. The van der Waals surface area contributed by atoms with E-state index in [1.54, 1.807) is 0 Å². The van der Waals surface area contributed by atoms with E-state index in [4.69, 9.17) is 0 Å². The average molecular weight is 692 g/mol. The molecule has 3 heteroatoms. The number of nitrogens with zero attached hydrogens (tertiary/aromatic N) is 2. The van der Waals surface area contributed by atoms with Crippen molar-refractivity contribution in [2.75, 3.05) is 10.2 Å². The summed E-state index contributed by atoms with van der Waals surface area (Å²) in [5.41, 5.74) is 15.3. The quantitative estimate of drug-likeness (QED) is 0.168. The molecule has 0 unspecified atom stereocenters. The highest BCUT2D eigenvalue weighted by Crippen LogP contribution is 2.53. The van der Waals surface area contributed by atoms with E-state index < -0.39 is 0 Å². The first kappa shape index (κ1) is 31.6. The lowest BCUT2D eigenvalue weighted by Gasteiger charge is -2.34. The van der Waals surface area contributed by atoms with Crippen LogP contribution in [0.3, 0.4) is 0 Å². The molecule has 54 heavy (non-hydrogen) atoms. The van der Waals surface area contributed by atoms with Gasteiger partial charge in [-0.3, -0.25) is 9.47 Å². The monoisotopic (exact) mass is 691 g/mol. The molecule has 1 aromatic heterocycles. The second kappa shape index (κ2) is 13.5. The summed E-state index contributed by atoms with van der Waals surface area (Å²) >= 11 is 0. The zero-order chi connectivity index (χ0) is 35.8. The topological polar surface area (TPSA) is 20.2 Å². The van der Waals surface area contributed by atoms with Gasteiger partial charge in [-0.1, -0.05) is 170 Å². The largest absolute Gasteiger partial charge is 0.350 e. The van der Waals surface area contributed by atoms with E-state index in [2.05, 4.69) is 227 Å². The Labute approximate surface area is 316 Å². The first-order valence-electron chi connectivity index (χ1n) is 18.6. The van der Waals surface area contributed by atoms with Crippen LogP contribution in [0.25, 0.3) is 38.8 Å². The van der Waals surface area contributed by atoms with Crippen LogP contribution in [0.2, 0.25) is 0 Å². The summed E-state index contributed by atoms with van der Waals surface area (Å²) in [6.45, 7) is 0. The molecule has 0 radical (unpaired) electrons. The minimum Gasteiger partial charge on any atom is -0.350 e. The van der Waals surface area contributed by atoms with Gasteiger partial charge in [0.15, 0.2) is 0 Å². The zero-order valence-corrected chi connectivity index (χ0v) is 29.7. The van der Waals surface area contributed by atoms with Crippen molar-refractivity contribution in [2.24, 2.45) is 0 Å². The molecule has 0 saturated heterocycles. The van der Waals surface area contributed by atoms with Crippen LogP contribution in [0.5, 0.6) is 0 Å². The fraction of sp³-hybridized carbons (Fsp3) is 0.0196. The molecule has 0 atom stereocenters.